The molecule has 31 heavy (non-hydrogen) atoms. The van der Waals surface area contributed by atoms with E-state index in [1.54, 1.807) is 4.90 Å². The second-order valence-corrected chi connectivity index (χ2v) is 8.24. The van der Waals surface area contributed by atoms with Gasteiger partial charge in [0.1, 0.15) is 0 Å². The first kappa shape index (κ1) is 20.6. The Hall–Kier alpha value is -3.66. The Morgan fingerprint density at radius 3 is 2.35 bits per heavy atom. The van der Waals surface area contributed by atoms with Crippen LogP contribution in [-0.2, 0) is 6.54 Å². The van der Waals surface area contributed by atoms with Crippen LogP contribution in [-0.4, -0.2) is 10.9 Å². The Bertz CT molecular complexity index is 1350. The van der Waals surface area contributed by atoms with E-state index in [0.717, 1.165) is 38.8 Å². The van der Waals surface area contributed by atoms with E-state index >= 15 is 0 Å². The van der Waals surface area contributed by atoms with Crippen LogP contribution in [0.4, 0.5) is 5.69 Å². The third-order valence-electron chi connectivity index (χ3n) is 5.72. The second kappa shape index (κ2) is 8.23. The fourth-order valence-electron chi connectivity index (χ4n) is 3.76. The van der Waals surface area contributed by atoms with Crippen LogP contribution in [0.5, 0.6) is 0 Å². The average molecular weight is 411 g/mol. The zero-order valence-corrected chi connectivity index (χ0v) is 18.3. The van der Waals surface area contributed by atoms with Gasteiger partial charge in [-0.3, -0.25) is 9.59 Å². The van der Waals surface area contributed by atoms with E-state index < -0.39 is 0 Å². The molecule has 0 aliphatic carbocycles. The number of benzene rings is 3. The molecule has 3 aromatic carbocycles. The number of aromatic nitrogens is 1. The van der Waals surface area contributed by atoms with Gasteiger partial charge < -0.3 is 9.88 Å². The number of aromatic amines is 1. The molecule has 0 radical (unpaired) electrons. The van der Waals surface area contributed by atoms with Crippen molar-refractivity contribution in [1.29, 1.82) is 0 Å². The van der Waals surface area contributed by atoms with Gasteiger partial charge in [-0.05, 0) is 86.2 Å². The summed E-state index contributed by atoms with van der Waals surface area (Å²) < 4.78 is 0. The van der Waals surface area contributed by atoms with Gasteiger partial charge in [0.15, 0.2) is 0 Å². The number of nitrogens with zero attached hydrogens (tertiary/aromatic N) is 1. The van der Waals surface area contributed by atoms with Crippen molar-refractivity contribution in [3.05, 3.63) is 110 Å². The molecule has 0 atom stereocenters. The Balaban J connectivity index is 1.81. The monoisotopic (exact) mass is 410 g/mol. The summed E-state index contributed by atoms with van der Waals surface area (Å²) in [6.07, 6.45) is 0. The topological polar surface area (TPSA) is 53.2 Å². The molecule has 1 aromatic heterocycles. The number of rotatable bonds is 4. The molecule has 4 aromatic rings. The number of aryl methyl sites for hydroxylation is 4. The molecule has 0 saturated heterocycles. The van der Waals surface area contributed by atoms with Crippen LogP contribution in [0.15, 0.2) is 71.5 Å². The highest BCUT2D eigenvalue weighted by atomic mass is 16.2. The fraction of sp³-hybridized carbons (Fsp3) is 0.185. The lowest BCUT2D eigenvalue weighted by Crippen LogP contribution is -2.33. The standard InChI is InChI=1S/C27H26N2O2/c1-17-6-5-7-22(12-17)27(31)29(24-11-9-19(3)20(4)14-24)16-23-15-21-10-8-18(2)13-25(21)28-26(23)30/h5-15H,16H2,1-4H3,(H,28,30). The quantitative estimate of drug-likeness (QED) is 0.475. The zero-order valence-electron chi connectivity index (χ0n) is 18.3. The second-order valence-electron chi connectivity index (χ2n) is 8.24. The van der Waals surface area contributed by atoms with Crippen molar-refractivity contribution >= 4 is 22.5 Å². The molecular formula is C27H26N2O2. The van der Waals surface area contributed by atoms with Crippen LogP contribution < -0.4 is 10.5 Å². The Labute approximate surface area is 182 Å². The van der Waals surface area contributed by atoms with Gasteiger partial charge in [-0.25, -0.2) is 0 Å². The molecule has 0 fully saturated rings. The molecule has 4 heteroatoms. The summed E-state index contributed by atoms with van der Waals surface area (Å²) in [5.74, 6) is -0.129. The van der Waals surface area contributed by atoms with Crippen LogP contribution in [0.25, 0.3) is 10.9 Å². The van der Waals surface area contributed by atoms with Gasteiger partial charge in [-0.1, -0.05) is 35.9 Å². The molecule has 1 heterocycles. The Kier molecular flexibility index (Phi) is 5.47. The van der Waals surface area contributed by atoms with Crippen molar-refractivity contribution < 1.29 is 4.79 Å². The van der Waals surface area contributed by atoms with E-state index in [1.165, 1.54) is 0 Å². The molecule has 0 saturated carbocycles. The van der Waals surface area contributed by atoms with Gasteiger partial charge in [0, 0.05) is 22.3 Å². The molecule has 1 N–H and O–H groups in total. The van der Waals surface area contributed by atoms with Crippen molar-refractivity contribution in [3.63, 3.8) is 0 Å². The fourth-order valence-corrected chi connectivity index (χ4v) is 3.76. The zero-order chi connectivity index (χ0) is 22.1. The average Bonchev–Trinajstić information content (AvgIpc) is 2.74. The number of hydrogen-bond acceptors (Lipinski definition) is 2. The first-order chi connectivity index (χ1) is 14.8. The van der Waals surface area contributed by atoms with Gasteiger partial charge in [0.05, 0.1) is 6.54 Å². The maximum absolute atomic E-state index is 13.5. The third kappa shape index (κ3) is 4.29. The van der Waals surface area contributed by atoms with Crippen molar-refractivity contribution in [2.45, 2.75) is 34.2 Å². The highest BCUT2D eigenvalue weighted by Crippen LogP contribution is 2.24. The SMILES string of the molecule is Cc1cccc(C(=O)N(Cc2cc3ccc(C)cc3[nH]c2=O)c2ccc(C)c(C)c2)c1. The lowest BCUT2D eigenvalue weighted by Gasteiger charge is -2.24. The van der Waals surface area contributed by atoms with Crippen molar-refractivity contribution in [1.82, 2.24) is 4.98 Å². The summed E-state index contributed by atoms with van der Waals surface area (Å²) in [6.45, 7) is 8.22. The highest BCUT2D eigenvalue weighted by molar-refractivity contribution is 6.06. The van der Waals surface area contributed by atoms with E-state index in [4.69, 9.17) is 0 Å². The Morgan fingerprint density at radius 2 is 1.61 bits per heavy atom. The van der Waals surface area contributed by atoms with Crippen LogP contribution in [0.3, 0.4) is 0 Å². The third-order valence-corrected chi connectivity index (χ3v) is 5.72. The molecule has 0 aliphatic heterocycles. The molecule has 0 spiro atoms. The lowest BCUT2D eigenvalue weighted by atomic mass is 10.1. The molecular weight excluding hydrogens is 384 g/mol. The van der Waals surface area contributed by atoms with Gasteiger partial charge in [-0.2, -0.15) is 0 Å². The van der Waals surface area contributed by atoms with E-state index in [-0.39, 0.29) is 18.0 Å². The molecule has 0 bridgehead atoms. The number of pyridine rings is 1. The number of anilines is 1. The lowest BCUT2D eigenvalue weighted by molar-refractivity contribution is 0.0985. The van der Waals surface area contributed by atoms with Gasteiger partial charge in [0.2, 0.25) is 0 Å². The predicted molar refractivity (Wildman–Crippen MR) is 127 cm³/mol. The minimum absolute atomic E-state index is 0.129. The van der Waals surface area contributed by atoms with Gasteiger partial charge in [0.25, 0.3) is 11.5 Å². The number of fused-ring (bicyclic) bond motifs is 1. The summed E-state index contributed by atoms with van der Waals surface area (Å²) in [5, 5.41) is 0.947. The van der Waals surface area contributed by atoms with E-state index in [2.05, 4.69) is 4.98 Å². The van der Waals surface area contributed by atoms with E-state index in [0.29, 0.717) is 11.1 Å². The van der Waals surface area contributed by atoms with Crippen molar-refractivity contribution in [2.24, 2.45) is 0 Å². The largest absolute Gasteiger partial charge is 0.322 e. The maximum atomic E-state index is 13.5. The van der Waals surface area contributed by atoms with Crippen LogP contribution in [0.1, 0.15) is 38.2 Å². The van der Waals surface area contributed by atoms with Gasteiger partial charge >= 0.3 is 0 Å². The number of carbonyl (C=O) groups is 1. The first-order valence-electron chi connectivity index (χ1n) is 10.4. The molecule has 156 valence electrons. The number of hydrogen-bond donors (Lipinski definition) is 1. The maximum Gasteiger partial charge on any atom is 0.258 e. The van der Waals surface area contributed by atoms with Crippen LogP contribution in [0.2, 0.25) is 0 Å². The number of carbonyl (C=O) groups excluding carboxylic acids is 1. The van der Waals surface area contributed by atoms with Gasteiger partial charge in [-0.15, -0.1) is 0 Å². The van der Waals surface area contributed by atoms with Crippen molar-refractivity contribution in [3.8, 4) is 0 Å². The summed E-state index contributed by atoms with van der Waals surface area (Å²) in [5.41, 5.74) is 6.92. The summed E-state index contributed by atoms with van der Waals surface area (Å²) in [4.78, 5) is 31.0. The molecule has 4 nitrogen and oxygen atoms in total. The molecule has 0 unspecified atom stereocenters. The van der Waals surface area contributed by atoms with E-state index in [9.17, 15) is 9.59 Å². The summed E-state index contributed by atoms with van der Waals surface area (Å²) in [7, 11) is 0. The highest BCUT2D eigenvalue weighted by Gasteiger charge is 2.20. The normalized spacial score (nSPS) is 11.0. The number of amides is 1. The van der Waals surface area contributed by atoms with Crippen LogP contribution in [0, 0.1) is 27.7 Å². The van der Waals surface area contributed by atoms with E-state index in [1.807, 2.05) is 94.4 Å². The minimum Gasteiger partial charge on any atom is -0.322 e. The predicted octanol–water partition coefficient (Wildman–Crippen LogP) is 5.61. The molecule has 1 amide bonds. The number of nitrogens with one attached hydrogen (secondary N) is 1. The first-order valence-corrected chi connectivity index (χ1v) is 10.4. The van der Waals surface area contributed by atoms with Crippen molar-refractivity contribution in [2.75, 3.05) is 4.90 Å². The number of H-pyrrole nitrogens is 1. The summed E-state index contributed by atoms with van der Waals surface area (Å²) in [6, 6.07) is 21.3. The molecule has 0 aliphatic rings. The minimum atomic E-state index is -0.177. The summed E-state index contributed by atoms with van der Waals surface area (Å²) >= 11 is 0. The molecule has 4 rings (SSSR count). The Morgan fingerprint density at radius 1 is 0.839 bits per heavy atom. The van der Waals surface area contributed by atoms with Crippen LogP contribution >= 0.6 is 0 Å². The smallest absolute Gasteiger partial charge is 0.258 e.